The summed E-state index contributed by atoms with van der Waals surface area (Å²) in [5.74, 6) is -0.336. The number of aliphatic imine (C=N–C) groups is 1. The molecule has 0 aliphatic rings. The number of para-hydroxylation sites is 1. The van der Waals surface area contributed by atoms with E-state index in [4.69, 9.17) is 4.74 Å². The van der Waals surface area contributed by atoms with Gasteiger partial charge < -0.3 is 14.9 Å². The molecule has 0 aliphatic carbocycles. The summed E-state index contributed by atoms with van der Waals surface area (Å²) in [4.78, 5) is 12.6. The number of aryl methyl sites for hydroxylation is 2. The molecule has 0 saturated heterocycles. The Labute approximate surface area is 219 Å². The number of ether oxygens (including phenoxy) is 1. The summed E-state index contributed by atoms with van der Waals surface area (Å²) >= 11 is 0. The third-order valence-corrected chi connectivity index (χ3v) is 5.33. The second kappa shape index (κ2) is 12.2. The molecule has 0 fully saturated rings. The molecule has 1 heterocycles. The molecule has 7 heteroatoms. The second-order valence-corrected chi connectivity index (χ2v) is 10.3. The van der Waals surface area contributed by atoms with Crippen molar-refractivity contribution in [2.75, 3.05) is 7.11 Å². The van der Waals surface area contributed by atoms with Crippen LogP contribution < -0.4 is 14.9 Å². The maximum absolute atomic E-state index is 12.3. The summed E-state index contributed by atoms with van der Waals surface area (Å²) in [7, 11) is 1.53. The zero-order valence-electron chi connectivity index (χ0n) is 22.0. The Bertz CT molecular complexity index is 1130. The van der Waals surface area contributed by atoms with Gasteiger partial charge in [-0.15, -0.1) is 11.5 Å². The predicted molar refractivity (Wildman–Crippen MR) is 134 cm³/mol. The zero-order chi connectivity index (χ0) is 25.7. The average molecular weight is 520 g/mol. The Hall–Kier alpha value is -2.92. The van der Waals surface area contributed by atoms with Crippen molar-refractivity contribution in [3.63, 3.8) is 0 Å². The Morgan fingerprint density at radius 2 is 1.51 bits per heavy atom. The van der Waals surface area contributed by atoms with E-state index in [1.807, 2.05) is 47.6 Å². The van der Waals surface area contributed by atoms with Gasteiger partial charge in [0.15, 0.2) is 0 Å². The fourth-order valence-corrected chi connectivity index (χ4v) is 3.56. The Balaban J connectivity index is 0.000000342. The van der Waals surface area contributed by atoms with E-state index in [2.05, 4.69) is 40.9 Å². The second-order valence-electron chi connectivity index (χ2n) is 10.3. The molecule has 0 radical (unpaired) electrons. The zero-order valence-corrected chi connectivity index (χ0v) is 23.0. The molecular formula is C28H35N3NiO3. The van der Waals surface area contributed by atoms with Crippen molar-refractivity contribution in [3.8, 4) is 17.2 Å². The van der Waals surface area contributed by atoms with Gasteiger partial charge in [0, 0.05) is 12.4 Å². The number of hydrogen-bond acceptors (Lipinski definition) is 6. The maximum Gasteiger partial charge on any atom is 2.00 e. The number of benzene rings is 2. The van der Waals surface area contributed by atoms with E-state index in [1.54, 1.807) is 30.9 Å². The van der Waals surface area contributed by atoms with Crippen LogP contribution >= 0.6 is 0 Å². The van der Waals surface area contributed by atoms with Crippen LogP contribution in [0.5, 0.6) is 17.2 Å². The normalized spacial score (nSPS) is 11.5. The Morgan fingerprint density at radius 1 is 0.914 bits per heavy atom. The van der Waals surface area contributed by atoms with Crippen LogP contribution in [0.25, 0.3) is 0 Å². The van der Waals surface area contributed by atoms with Crippen LogP contribution in [0.1, 0.15) is 69.5 Å². The molecular weight excluding hydrogens is 485 g/mol. The van der Waals surface area contributed by atoms with Gasteiger partial charge in [-0.3, -0.25) is 15.0 Å². The van der Waals surface area contributed by atoms with Gasteiger partial charge in [-0.25, -0.2) is 0 Å². The third kappa shape index (κ3) is 7.79. The topological polar surface area (TPSA) is 93.5 Å². The molecule has 0 aliphatic heterocycles. The smallest absolute Gasteiger partial charge is 0.873 e. The third-order valence-electron chi connectivity index (χ3n) is 5.33. The first-order chi connectivity index (χ1) is 15.8. The van der Waals surface area contributed by atoms with Crippen molar-refractivity contribution in [2.45, 2.75) is 66.2 Å². The van der Waals surface area contributed by atoms with Crippen LogP contribution in [-0.4, -0.2) is 23.3 Å². The summed E-state index contributed by atoms with van der Waals surface area (Å²) in [6.07, 6.45) is 6.74. The number of hydrogen-bond donors (Lipinski definition) is 0. The van der Waals surface area contributed by atoms with Crippen LogP contribution in [0.3, 0.4) is 0 Å². The molecule has 3 rings (SSSR count). The number of aromatic nitrogens is 2. The molecule has 3 aromatic rings. The molecule has 0 atom stereocenters. The maximum atomic E-state index is 12.3. The minimum Gasteiger partial charge on any atom is -0.873 e. The van der Waals surface area contributed by atoms with E-state index in [0.717, 1.165) is 11.4 Å². The molecule has 0 unspecified atom stereocenters. The van der Waals surface area contributed by atoms with Gasteiger partial charge in [-0.2, -0.15) is 0 Å². The molecule has 190 valence electrons. The number of rotatable bonds is 3. The van der Waals surface area contributed by atoms with E-state index in [1.165, 1.54) is 18.2 Å². The van der Waals surface area contributed by atoms with Crippen molar-refractivity contribution in [2.24, 2.45) is 4.99 Å². The van der Waals surface area contributed by atoms with Gasteiger partial charge in [0.2, 0.25) is 0 Å². The van der Waals surface area contributed by atoms with Gasteiger partial charge in [0.25, 0.3) is 0 Å². The summed E-state index contributed by atoms with van der Waals surface area (Å²) < 4.78 is 5.30. The van der Waals surface area contributed by atoms with Crippen molar-refractivity contribution in [3.05, 3.63) is 70.8 Å². The first-order valence-electron chi connectivity index (χ1n) is 11.2. The summed E-state index contributed by atoms with van der Waals surface area (Å²) in [5.41, 5.74) is 4.32. The van der Waals surface area contributed by atoms with Gasteiger partial charge in [-0.1, -0.05) is 59.7 Å². The Kier molecular flexibility index (Phi) is 10.5. The number of methoxy groups -OCH3 is 1. The molecule has 0 saturated carbocycles. The first-order valence-corrected chi connectivity index (χ1v) is 11.2. The summed E-state index contributed by atoms with van der Waals surface area (Å²) in [6, 6.07) is 7.85. The minimum absolute atomic E-state index is 0. The van der Waals surface area contributed by atoms with Crippen LogP contribution in [0.2, 0.25) is 0 Å². The van der Waals surface area contributed by atoms with Gasteiger partial charge in [0.05, 0.1) is 30.9 Å². The first kappa shape index (κ1) is 30.1. The number of nitrogens with zero attached hydrogens (tertiary/aromatic N) is 3. The average Bonchev–Trinajstić information content (AvgIpc) is 2.74. The monoisotopic (exact) mass is 519 g/mol. The van der Waals surface area contributed by atoms with E-state index in [-0.39, 0.29) is 21.9 Å². The van der Waals surface area contributed by atoms with Crippen LogP contribution in [0.15, 0.2) is 47.8 Å². The predicted octanol–water partition coefficient (Wildman–Crippen LogP) is 5.28. The fourth-order valence-electron chi connectivity index (χ4n) is 3.56. The van der Waals surface area contributed by atoms with Crippen molar-refractivity contribution in [1.29, 1.82) is 0 Å². The standard InChI is InChI=1S/C15H24O3.C13H13N3.Ni/c1-14(2,3)9-8-10(18-7)11(15(4,5)6)13(17)12(9)16;1-10-4-3-5-11(2)13(10)16-9-12-8-14-6-7-15-12;/h8,16-17H,1-7H3;3-9H,1-2H3;/q;;+2/p-2. The van der Waals surface area contributed by atoms with Crippen molar-refractivity contribution < 1.29 is 31.4 Å². The summed E-state index contributed by atoms with van der Waals surface area (Å²) in [5, 5.41) is 24.5. The van der Waals surface area contributed by atoms with E-state index in [9.17, 15) is 10.2 Å². The molecule has 0 spiro atoms. The molecule has 0 amide bonds. The molecule has 0 bridgehead atoms. The van der Waals surface area contributed by atoms with Crippen molar-refractivity contribution >= 4 is 11.9 Å². The van der Waals surface area contributed by atoms with Crippen LogP contribution in [0.4, 0.5) is 5.69 Å². The largest absolute Gasteiger partial charge is 2.00 e. The Morgan fingerprint density at radius 3 is 1.97 bits per heavy atom. The van der Waals surface area contributed by atoms with Gasteiger partial charge in [-0.05, 0) is 53.0 Å². The van der Waals surface area contributed by atoms with Crippen molar-refractivity contribution in [1.82, 2.24) is 9.97 Å². The van der Waals surface area contributed by atoms with Crippen LogP contribution in [-0.2, 0) is 27.3 Å². The molecule has 1 aromatic heterocycles. The van der Waals surface area contributed by atoms with Gasteiger partial charge in [0.1, 0.15) is 5.75 Å². The van der Waals surface area contributed by atoms with E-state index >= 15 is 0 Å². The summed E-state index contributed by atoms with van der Waals surface area (Å²) in [6.45, 7) is 15.6. The van der Waals surface area contributed by atoms with Crippen LogP contribution in [0, 0.1) is 13.8 Å². The minimum atomic E-state index is -0.438. The van der Waals surface area contributed by atoms with E-state index in [0.29, 0.717) is 16.9 Å². The van der Waals surface area contributed by atoms with Gasteiger partial charge >= 0.3 is 16.5 Å². The fraction of sp³-hybridized carbons (Fsp3) is 0.393. The SMILES string of the molecule is COc1cc(C(C)(C)C)c([O-])c([O-])c1C(C)(C)C.Cc1cccc(C)c1N=Cc1cnccn1.[Ni+2]. The van der Waals surface area contributed by atoms with E-state index < -0.39 is 16.9 Å². The molecule has 0 N–H and O–H groups in total. The molecule has 35 heavy (non-hydrogen) atoms. The quantitative estimate of drug-likeness (QED) is 0.346. The molecule has 2 aromatic carbocycles. The molecule has 6 nitrogen and oxygen atoms in total.